The number of allylic oxidation sites excluding steroid dienone is 3. The first-order valence-corrected chi connectivity index (χ1v) is 7.67. The van der Waals surface area contributed by atoms with Crippen LogP contribution in [0.1, 0.15) is 33.6 Å². The van der Waals surface area contributed by atoms with Crippen molar-refractivity contribution < 1.29 is 30.0 Å². The number of aliphatic hydroxyl groups excluding tert-OH is 4. The third-order valence-corrected chi connectivity index (χ3v) is 3.65. The summed E-state index contributed by atoms with van der Waals surface area (Å²) in [5.74, 6) is -0.468. The van der Waals surface area contributed by atoms with Gasteiger partial charge in [-0.3, -0.25) is 4.79 Å². The highest BCUT2D eigenvalue weighted by Gasteiger charge is 2.43. The Balaban J connectivity index is 2.60. The zero-order chi connectivity index (χ0) is 17.6. The summed E-state index contributed by atoms with van der Waals surface area (Å²) in [5, 5.41) is 40.7. The number of hydrogen-bond acceptors (Lipinski definition) is 6. The lowest BCUT2D eigenvalue weighted by molar-refractivity contribution is -0.235. The Hall–Kier alpha value is -1.25. The molecule has 7 nitrogen and oxygen atoms in total. The maximum atomic E-state index is 11.9. The maximum absolute atomic E-state index is 11.9. The van der Waals surface area contributed by atoms with Crippen LogP contribution in [0.15, 0.2) is 23.3 Å². The summed E-state index contributed by atoms with van der Waals surface area (Å²) in [6, 6.07) is 0. The molecule has 5 N–H and O–H groups in total. The van der Waals surface area contributed by atoms with Gasteiger partial charge in [0.05, 0.1) is 6.61 Å². The first-order chi connectivity index (χ1) is 10.8. The van der Waals surface area contributed by atoms with Crippen molar-refractivity contribution in [2.75, 3.05) is 6.61 Å². The van der Waals surface area contributed by atoms with Gasteiger partial charge in [0.1, 0.15) is 24.4 Å². The fourth-order valence-corrected chi connectivity index (χ4v) is 2.29. The summed E-state index contributed by atoms with van der Waals surface area (Å²) in [5.41, 5.74) is 2.08. The maximum Gasteiger partial charge on any atom is 0.245 e. The normalized spacial score (nSPS) is 31.6. The molecule has 1 aliphatic rings. The summed E-state index contributed by atoms with van der Waals surface area (Å²) < 4.78 is 5.21. The minimum absolute atomic E-state index is 0.468. The molecule has 1 unspecified atom stereocenters. The Morgan fingerprint density at radius 3 is 2.35 bits per heavy atom. The second-order valence-electron chi connectivity index (χ2n) is 6.07. The van der Waals surface area contributed by atoms with E-state index in [-0.39, 0.29) is 0 Å². The van der Waals surface area contributed by atoms with Crippen LogP contribution < -0.4 is 5.32 Å². The number of aliphatic hydroxyl groups is 4. The first kappa shape index (κ1) is 19.8. The fraction of sp³-hybridized carbons (Fsp3) is 0.688. The van der Waals surface area contributed by atoms with Crippen LogP contribution >= 0.6 is 0 Å². The van der Waals surface area contributed by atoms with Gasteiger partial charge in [0.2, 0.25) is 5.91 Å². The molecule has 0 aromatic heterocycles. The predicted octanol–water partition coefficient (Wildman–Crippen LogP) is -0.405. The lowest BCUT2D eigenvalue weighted by Crippen LogP contribution is -2.63. The molecule has 1 aliphatic heterocycles. The lowest BCUT2D eigenvalue weighted by atomic mass is 9.98. The van der Waals surface area contributed by atoms with Gasteiger partial charge in [0, 0.05) is 6.08 Å². The molecule has 0 aliphatic carbocycles. The third-order valence-electron chi connectivity index (χ3n) is 3.65. The van der Waals surface area contributed by atoms with Crippen molar-refractivity contribution in [2.24, 2.45) is 0 Å². The number of ether oxygens (including phenoxy) is 1. The molecule has 23 heavy (non-hydrogen) atoms. The van der Waals surface area contributed by atoms with E-state index >= 15 is 0 Å². The van der Waals surface area contributed by atoms with Crippen molar-refractivity contribution in [3.05, 3.63) is 23.3 Å². The predicted molar refractivity (Wildman–Crippen MR) is 84.3 cm³/mol. The van der Waals surface area contributed by atoms with Crippen molar-refractivity contribution >= 4 is 5.91 Å². The largest absolute Gasteiger partial charge is 0.394 e. The van der Waals surface area contributed by atoms with Gasteiger partial charge >= 0.3 is 0 Å². The monoisotopic (exact) mass is 329 g/mol. The molecule has 1 saturated heterocycles. The number of hydrogen-bond donors (Lipinski definition) is 5. The number of nitrogens with one attached hydrogen (secondary N) is 1. The third kappa shape index (κ3) is 6.04. The Labute approximate surface area is 136 Å². The molecule has 0 bridgehead atoms. The highest BCUT2D eigenvalue weighted by molar-refractivity contribution is 5.88. The minimum Gasteiger partial charge on any atom is -0.394 e. The molecular formula is C16H27NO6. The average molecular weight is 329 g/mol. The molecule has 0 spiro atoms. The molecule has 0 radical (unpaired) electrons. The topological polar surface area (TPSA) is 119 Å². The van der Waals surface area contributed by atoms with E-state index < -0.39 is 43.2 Å². The summed E-state index contributed by atoms with van der Waals surface area (Å²) >= 11 is 0. The fourth-order valence-electron chi connectivity index (χ4n) is 2.29. The summed E-state index contributed by atoms with van der Waals surface area (Å²) in [6.45, 7) is 5.30. The van der Waals surface area contributed by atoms with Gasteiger partial charge in [-0.1, -0.05) is 17.2 Å². The van der Waals surface area contributed by atoms with Crippen LogP contribution in [-0.4, -0.2) is 63.6 Å². The molecule has 0 aromatic rings. The van der Waals surface area contributed by atoms with Crippen molar-refractivity contribution in [2.45, 2.75) is 64.3 Å². The number of amides is 1. The molecule has 0 saturated carbocycles. The Bertz CT molecular complexity index is 455. The van der Waals surface area contributed by atoms with Crippen molar-refractivity contribution in [1.29, 1.82) is 0 Å². The van der Waals surface area contributed by atoms with E-state index in [1.807, 2.05) is 20.8 Å². The summed E-state index contributed by atoms with van der Waals surface area (Å²) in [4.78, 5) is 11.9. The molecule has 7 heteroatoms. The van der Waals surface area contributed by atoms with E-state index in [0.717, 1.165) is 18.4 Å². The van der Waals surface area contributed by atoms with Crippen LogP contribution in [0.2, 0.25) is 0 Å². The van der Waals surface area contributed by atoms with Crippen molar-refractivity contribution in [3.8, 4) is 0 Å². The smallest absolute Gasteiger partial charge is 0.245 e. The zero-order valence-electron chi connectivity index (χ0n) is 13.8. The van der Waals surface area contributed by atoms with Gasteiger partial charge in [-0.15, -0.1) is 0 Å². The average Bonchev–Trinajstić information content (AvgIpc) is 2.47. The van der Waals surface area contributed by atoms with Gasteiger partial charge in [-0.25, -0.2) is 0 Å². The molecule has 132 valence electrons. The van der Waals surface area contributed by atoms with Crippen LogP contribution in [-0.2, 0) is 9.53 Å². The number of carbonyl (C=O) groups excluding carboxylic acids is 1. The Morgan fingerprint density at radius 2 is 1.78 bits per heavy atom. The van der Waals surface area contributed by atoms with E-state index in [1.54, 1.807) is 0 Å². The van der Waals surface area contributed by atoms with E-state index in [1.165, 1.54) is 11.6 Å². The highest BCUT2D eigenvalue weighted by Crippen LogP contribution is 2.19. The van der Waals surface area contributed by atoms with E-state index in [2.05, 4.69) is 11.4 Å². The van der Waals surface area contributed by atoms with Gasteiger partial charge in [0.15, 0.2) is 6.23 Å². The van der Waals surface area contributed by atoms with Crippen LogP contribution in [0.5, 0.6) is 0 Å². The summed E-state index contributed by atoms with van der Waals surface area (Å²) in [7, 11) is 0. The highest BCUT2D eigenvalue weighted by atomic mass is 16.6. The standard InChI is InChI=1S/C16H27NO6/c1-9(2)5-4-6-10(3)7-12(19)17-16-15(22)14(21)13(20)11(8-18)23-16/h5,7,11,13-16,18,20-22H,4,6,8H2,1-3H3,(H,17,19)/t11-,13+,14+,15-,16?/m1/s1. The second kappa shape index (κ2) is 9.14. The summed E-state index contributed by atoms with van der Waals surface area (Å²) in [6.07, 6.45) is -1.62. The SMILES string of the molecule is CC(C)=CCCC(C)=CC(=O)NC1O[C@H](CO)[C@H](O)[C@H](O)[C@H]1O. The number of rotatable bonds is 6. The molecule has 1 amide bonds. The van der Waals surface area contributed by atoms with Crippen molar-refractivity contribution in [3.63, 3.8) is 0 Å². The van der Waals surface area contributed by atoms with Crippen LogP contribution in [0.3, 0.4) is 0 Å². The van der Waals surface area contributed by atoms with E-state index in [4.69, 9.17) is 9.84 Å². The van der Waals surface area contributed by atoms with Crippen molar-refractivity contribution in [1.82, 2.24) is 5.32 Å². The van der Waals surface area contributed by atoms with Crippen LogP contribution in [0.4, 0.5) is 0 Å². The molecular weight excluding hydrogens is 302 g/mol. The van der Waals surface area contributed by atoms with Crippen LogP contribution in [0, 0.1) is 0 Å². The molecule has 1 heterocycles. The Morgan fingerprint density at radius 1 is 1.13 bits per heavy atom. The minimum atomic E-state index is -1.51. The van der Waals surface area contributed by atoms with Gasteiger partial charge in [0.25, 0.3) is 0 Å². The second-order valence-corrected chi connectivity index (χ2v) is 6.07. The van der Waals surface area contributed by atoms with E-state index in [9.17, 15) is 20.1 Å². The molecule has 0 aromatic carbocycles. The number of carbonyl (C=O) groups is 1. The van der Waals surface area contributed by atoms with E-state index in [0.29, 0.717) is 0 Å². The van der Waals surface area contributed by atoms with Gasteiger partial charge < -0.3 is 30.5 Å². The Kier molecular flexibility index (Phi) is 7.87. The quantitative estimate of drug-likeness (QED) is 0.334. The molecule has 5 atom stereocenters. The van der Waals surface area contributed by atoms with Gasteiger partial charge in [-0.2, -0.15) is 0 Å². The first-order valence-electron chi connectivity index (χ1n) is 7.67. The molecule has 1 rings (SSSR count). The van der Waals surface area contributed by atoms with Crippen LogP contribution in [0.25, 0.3) is 0 Å². The van der Waals surface area contributed by atoms with Gasteiger partial charge in [-0.05, 0) is 33.6 Å². The zero-order valence-corrected chi connectivity index (χ0v) is 13.8. The lowest BCUT2D eigenvalue weighted by Gasteiger charge is -2.39. The molecule has 1 fully saturated rings.